The molecule has 0 aromatic heterocycles. The van der Waals surface area contributed by atoms with Crippen LogP contribution in [0, 0.1) is 0 Å². The van der Waals surface area contributed by atoms with E-state index < -0.39 is 0 Å². The maximum atomic E-state index is 10.8. The Balaban J connectivity index is 0.000000118. The maximum Gasteiger partial charge on any atom is 0.257 e. The second-order valence-electron chi connectivity index (χ2n) is 5.84. The van der Waals surface area contributed by atoms with Gasteiger partial charge in [0.25, 0.3) is 5.91 Å². The first-order valence-electron chi connectivity index (χ1n) is 8.61. The molecule has 5 nitrogen and oxygen atoms in total. The van der Waals surface area contributed by atoms with Gasteiger partial charge in [-0.1, -0.05) is 42.5 Å². The molecule has 0 spiro atoms. The van der Waals surface area contributed by atoms with Crippen molar-refractivity contribution in [3.05, 3.63) is 84.1 Å². The molecule has 3 aliphatic heterocycles. The van der Waals surface area contributed by atoms with Gasteiger partial charge in [-0.15, -0.1) is 0 Å². The smallest absolute Gasteiger partial charge is 0.257 e. The highest BCUT2D eigenvalue weighted by Gasteiger charge is 2.14. The number of hydrogen-bond acceptors (Lipinski definition) is 4. The number of allylic oxidation sites excluding steroid dienone is 2. The van der Waals surface area contributed by atoms with Gasteiger partial charge in [-0.25, -0.2) is 0 Å². The summed E-state index contributed by atoms with van der Waals surface area (Å²) >= 11 is 0. The third kappa shape index (κ3) is 5.14. The average Bonchev–Trinajstić information content (AvgIpc) is 3.19. The lowest BCUT2D eigenvalue weighted by Crippen LogP contribution is -2.32. The summed E-state index contributed by atoms with van der Waals surface area (Å²) in [5, 5.41) is 3.30. The van der Waals surface area contributed by atoms with Gasteiger partial charge in [0.1, 0.15) is 6.61 Å². The molecule has 0 unspecified atom stereocenters. The first-order chi connectivity index (χ1) is 12.8. The Kier molecular flexibility index (Phi) is 6.31. The number of carbonyl (C=O) groups is 1. The lowest BCUT2D eigenvalue weighted by atomic mass is 10.1. The number of rotatable bonds is 0. The standard InChI is InChI=1S/C8H7NO2.C8H9N.C5H6O/c10-8-5-6-3-1-2-4-7(6)11-9-8;1-2-4-8-7(3-1)5-6-9-8;1-2-4-6-5-3-1/h1-4H,5H2,(H,9,10);1-4,9H,5-6H2;1-4H,5H2. The molecule has 2 aromatic rings. The third-order valence-corrected chi connectivity index (χ3v) is 3.94. The molecule has 2 aromatic carbocycles. The largest absolute Gasteiger partial charge is 0.497 e. The topological polar surface area (TPSA) is 59.6 Å². The van der Waals surface area contributed by atoms with E-state index >= 15 is 0 Å². The first-order valence-corrected chi connectivity index (χ1v) is 8.61. The van der Waals surface area contributed by atoms with Gasteiger partial charge >= 0.3 is 0 Å². The molecule has 2 N–H and O–H groups in total. The normalized spacial score (nSPS) is 15.3. The van der Waals surface area contributed by atoms with Gasteiger partial charge in [-0.3, -0.25) is 4.79 Å². The minimum Gasteiger partial charge on any atom is -0.497 e. The van der Waals surface area contributed by atoms with Gasteiger partial charge in [0, 0.05) is 17.8 Å². The number of hydroxylamine groups is 1. The maximum absolute atomic E-state index is 10.8. The summed E-state index contributed by atoms with van der Waals surface area (Å²) in [5.74, 6) is 0.649. The Hall–Kier alpha value is -3.21. The predicted molar refractivity (Wildman–Crippen MR) is 102 cm³/mol. The second-order valence-corrected chi connectivity index (χ2v) is 5.84. The summed E-state index contributed by atoms with van der Waals surface area (Å²) in [4.78, 5) is 15.7. The van der Waals surface area contributed by atoms with E-state index in [2.05, 4.69) is 35.1 Å². The van der Waals surface area contributed by atoms with Gasteiger partial charge in [0.15, 0.2) is 5.75 Å². The fraction of sp³-hybridized carbons (Fsp3) is 0.190. The molecule has 3 aliphatic rings. The fourth-order valence-corrected chi connectivity index (χ4v) is 2.66. The van der Waals surface area contributed by atoms with Crippen LogP contribution >= 0.6 is 0 Å². The van der Waals surface area contributed by atoms with E-state index in [1.165, 1.54) is 17.7 Å². The molecule has 3 heterocycles. The highest BCUT2D eigenvalue weighted by molar-refractivity contribution is 5.79. The van der Waals surface area contributed by atoms with Crippen molar-refractivity contribution in [2.45, 2.75) is 12.8 Å². The Bertz CT molecular complexity index is 764. The van der Waals surface area contributed by atoms with Crippen molar-refractivity contribution in [3.8, 4) is 5.75 Å². The van der Waals surface area contributed by atoms with Crippen LogP contribution in [0.5, 0.6) is 5.75 Å². The van der Waals surface area contributed by atoms with Gasteiger partial charge in [-0.2, -0.15) is 5.48 Å². The van der Waals surface area contributed by atoms with E-state index in [0.29, 0.717) is 6.42 Å². The molecule has 26 heavy (non-hydrogen) atoms. The zero-order valence-corrected chi connectivity index (χ0v) is 14.5. The lowest BCUT2D eigenvalue weighted by Gasteiger charge is -2.15. The number of para-hydroxylation sites is 2. The predicted octanol–water partition coefficient (Wildman–Crippen LogP) is 3.39. The van der Waals surface area contributed by atoms with E-state index in [4.69, 9.17) is 9.57 Å². The van der Waals surface area contributed by atoms with Gasteiger partial charge in [0.2, 0.25) is 0 Å². The number of benzene rings is 2. The van der Waals surface area contributed by atoms with Gasteiger partial charge in [0.05, 0.1) is 12.7 Å². The third-order valence-electron chi connectivity index (χ3n) is 3.94. The number of carbonyl (C=O) groups excluding carboxylic acids is 1. The number of fused-ring (bicyclic) bond motifs is 2. The second kappa shape index (κ2) is 9.32. The lowest BCUT2D eigenvalue weighted by molar-refractivity contribution is -0.128. The molecule has 5 rings (SSSR count). The van der Waals surface area contributed by atoms with Crippen LogP contribution in [0.15, 0.2) is 73.0 Å². The summed E-state index contributed by atoms with van der Waals surface area (Å²) in [7, 11) is 0. The number of hydrogen-bond donors (Lipinski definition) is 2. The SMILES string of the molecule is C1=CCOC=C1.O=C1Cc2ccccc2ON1.c1ccc2c(c1)CCN2. The Labute approximate surface area is 153 Å². The van der Waals surface area contributed by atoms with E-state index in [1.54, 1.807) is 6.26 Å². The van der Waals surface area contributed by atoms with Gasteiger partial charge in [-0.05, 0) is 36.3 Å². The highest BCUT2D eigenvalue weighted by atomic mass is 16.7. The summed E-state index contributed by atoms with van der Waals surface area (Å²) < 4.78 is 4.80. The van der Waals surface area contributed by atoms with Crippen molar-refractivity contribution >= 4 is 11.6 Å². The summed E-state index contributed by atoms with van der Waals surface area (Å²) in [5.41, 5.74) is 6.01. The number of ether oxygens (including phenoxy) is 1. The van der Waals surface area contributed by atoms with Crippen LogP contribution in [0.1, 0.15) is 11.1 Å². The van der Waals surface area contributed by atoms with Crippen molar-refractivity contribution in [1.82, 2.24) is 5.48 Å². The molecule has 0 fully saturated rings. The van der Waals surface area contributed by atoms with Crippen molar-refractivity contribution in [3.63, 3.8) is 0 Å². The van der Waals surface area contributed by atoms with Crippen LogP contribution in [0.4, 0.5) is 5.69 Å². The highest BCUT2D eigenvalue weighted by Crippen LogP contribution is 2.20. The zero-order chi connectivity index (χ0) is 18.0. The molecule has 0 aliphatic carbocycles. The van der Waals surface area contributed by atoms with Crippen molar-refractivity contribution in [1.29, 1.82) is 0 Å². The molecule has 0 saturated carbocycles. The fourth-order valence-electron chi connectivity index (χ4n) is 2.66. The molecule has 1 amide bonds. The molecule has 0 saturated heterocycles. The van der Waals surface area contributed by atoms with Crippen LogP contribution < -0.4 is 15.6 Å². The zero-order valence-electron chi connectivity index (χ0n) is 14.5. The Morgan fingerprint density at radius 1 is 0.923 bits per heavy atom. The summed E-state index contributed by atoms with van der Waals surface area (Å²) in [6, 6.07) is 15.9. The molecule has 0 bridgehead atoms. The Morgan fingerprint density at radius 3 is 2.42 bits per heavy atom. The summed E-state index contributed by atoms with van der Waals surface area (Å²) in [6.07, 6.45) is 9.07. The van der Waals surface area contributed by atoms with Crippen LogP contribution in [-0.4, -0.2) is 19.1 Å². The van der Waals surface area contributed by atoms with Crippen LogP contribution in [-0.2, 0) is 22.4 Å². The molecular formula is C21H22N2O3. The van der Waals surface area contributed by atoms with Crippen LogP contribution in [0.25, 0.3) is 0 Å². The van der Waals surface area contributed by atoms with E-state index in [9.17, 15) is 4.79 Å². The van der Waals surface area contributed by atoms with Crippen molar-refractivity contribution in [2.75, 3.05) is 18.5 Å². The minimum atomic E-state index is -0.0938. The Morgan fingerprint density at radius 2 is 1.73 bits per heavy atom. The minimum absolute atomic E-state index is 0.0938. The van der Waals surface area contributed by atoms with Gasteiger partial charge < -0.3 is 14.9 Å². The summed E-state index contributed by atoms with van der Waals surface area (Å²) in [6.45, 7) is 1.84. The average molecular weight is 350 g/mol. The van der Waals surface area contributed by atoms with Crippen LogP contribution in [0.3, 0.4) is 0 Å². The van der Waals surface area contributed by atoms with Crippen molar-refractivity contribution in [2.24, 2.45) is 0 Å². The molecule has 0 radical (unpaired) electrons. The number of nitrogens with one attached hydrogen (secondary N) is 2. The van der Waals surface area contributed by atoms with Crippen LogP contribution in [0.2, 0.25) is 0 Å². The molecule has 0 atom stereocenters. The number of anilines is 1. The quantitative estimate of drug-likeness (QED) is 0.765. The monoisotopic (exact) mass is 350 g/mol. The first kappa shape index (κ1) is 17.6. The van der Waals surface area contributed by atoms with E-state index in [1.807, 2.05) is 42.5 Å². The molecule has 134 valence electrons. The van der Waals surface area contributed by atoms with Crippen molar-refractivity contribution < 1.29 is 14.4 Å². The molecular weight excluding hydrogens is 328 g/mol. The van der Waals surface area contributed by atoms with E-state index in [-0.39, 0.29) is 5.91 Å². The number of amides is 1. The van der Waals surface area contributed by atoms with E-state index in [0.717, 1.165) is 24.5 Å². The molecule has 5 heteroatoms.